The molecule has 3 amide bonds. The van der Waals surface area contributed by atoms with E-state index in [0.29, 0.717) is 39.1 Å². The minimum Gasteiger partial charge on any atom is -0.489 e. The van der Waals surface area contributed by atoms with Crippen molar-refractivity contribution < 1.29 is 19.1 Å². The van der Waals surface area contributed by atoms with Crippen LogP contribution in [0.15, 0.2) is 54.6 Å². The smallest absolute Gasteiger partial charge is 0.318 e. The standard InChI is InChI=1S/C34H53N3O4.C2H6/c1-8-10-14-21-37(9-2)33(39)36-31(22-26(3)4)32(38)35-29(25-41-34(5,6)7)23-27-17-19-30(20-18-27)40-24-28-15-12-11-13-16-28;1-2/h11-13,15-20,26,29,31H,8-10,14,21-25H2,1-7H3,(H,35,38)(H,36,39);1-2H3/t29-,31-;/m0./s1. The third-order valence-electron chi connectivity index (χ3n) is 6.74. The Kier molecular flexibility index (Phi) is 18.3. The molecule has 7 nitrogen and oxygen atoms in total. The molecule has 0 radical (unpaired) electrons. The van der Waals surface area contributed by atoms with Crippen molar-refractivity contribution >= 4 is 11.9 Å². The molecule has 0 saturated heterocycles. The van der Waals surface area contributed by atoms with Gasteiger partial charge in [-0.25, -0.2) is 4.79 Å². The molecule has 0 bridgehead atoms. The van der Waals surface area contributed by atoms with Crippen LogP contribution in [0.25, 0.3) is 0 Å². The number of nitrogens with one attached hydrogen (secondary N) is 2. The van der Waals surface area contributed by atoms with Crippen LogP contribution in [0.4, 0.5) is 4.79 Å². The zero-order valence-electron chi connectivity index (χ0n) is 28.4. The van der Waals surface area contributed by atoms with Crippen LogP contribution in [0.1, 0.15) is 99.1 Å². The molecule has 2 aromatic rings. The van der Waals surface area contributed by atoms with Crippen LogP contribution < -0.4 is 15.4 Å². The number of benzene rings is 2. The van der Waals surface area contributed by atoms with Gasteiger partial charge in [-0.3, -0.25) is 4.79 Å². The van der Waals surface area contributed by atoms with E-state index in [4.69, 9.17) is 9.47 Å². The molecule has 242 valence electrons. The van der Waals surface area contributed by atoms with Gasteiger partial charge < -0.3 is 25.0 Å². The number of carbonyl (C=O) groups excluding carboxylic acids is 2. The van der Waals surface area contributed by atoms with Crippen molar-refractivity contribution in [3.63, 3.8) is 0 Å². The average Bonchev–Trinajstić information content (AvgIpc) is 2.98. The fourth-order valence-corrected chi connectivity index (χ4v) is 4.45. The van der Waals surface area contributed by atoms with E-state index in [1.54, 1.807) is 4.90 Å². The monoisotopic (exact) mass is 597 g/mol. The summed E-state index contributed by atoms with van der Waals surface area (Å²) in [5, 5.41) is 6.21. The summed E-state index contributed by atoms with van der Waals surface area (Å²) < 4.78 is 12.0. The highest BCUT2D eigenvalue weighted by Crippen LogP contribution is 2.17. The fourth-order valence-electron chi connectivity index (χ4n) is 4.45. The quantitative estimate of drug-likeness (QED) is 0.183. The number of ether oxygens (including phenoxy) is 2. The summed E-state index contributed by atoms with van der Waals surface area (Å²) >= 11 is 0. The number of urea groups is 1. The highest BCUT2D eigenvalue weighted by atomic mass is 16.5. The van der Waals surface area contributed by atoms with Gasteiger partial charge in [0.15, 0.2) is 0 Å². The lowest BCUT2D eigenvalue weighted by molar-refractivity contribution is -0.125. The van der Waals surface area contributed by atoms with Crippen molar-refractivity contribution in [3.8, 4) is 5.75 Å². The lowest BCUT2D eigenvalue weighted by Gasteiger charge is -2.29. The van der Waals surface area contributed by atoms with Crippen LogP contribution in [-0.4, -0.2) is 54.2 Å². The zero-order valence-corrected chi connectivity index (χ0v) is 28.4. The summed E-state index contributed by atoms with van der Waals surface area (Å²) in [4.78, 5) is 28.4. The summed E-state index contributed by atoms with van der Waals surface area (Å²) in [7, 11) is 0. The first-order valence-corrected chi connectivity index (χ1v) is 16.3. The van der Waals surface area contributed by atoms with Crippen LogP contribution in [-0.2, 0) is 22.6 Å². The summed E-state index contributed by atoms with van der Waals surface area (Å²) in [6.45, 7) is 20.4. The molecule has 0 aliphatic carbocycles. The van der Waals surface area contributed by atoms with E-state index in [1.807, 2.05) is 96.1 Å². The molecule has 0 aliphatic rings. The SMILES string of the molecule is CC.CCCCCN(CC)C(=O)N[C@@H](CC(C)C)C(=O)N[C@H](COC(C)(C)C)Cc1ccc(OCc2ccccc2)cc1. The minimum atomic E-state index is -0.617. The number of nitrogens with zero attached hydrogens (tertiary/aromatic N) is 1. The molecule has 0 aromatic heterocycles. The molecule has 0 spiro atoms. The lowest BCUT2D eigenvalue weighted by Crippen LogP contribution is -2.54. The second kappa shape index (κ2) is 20.8. The molecule has 0 fully saturated rings. The van der Waals surface area contributed by atoms with E-state index in [1.165, 1.54) is 0 Å². The Morgan fingerprint density at radius 2 is 1.53 bits per heavy atom. The normalized spacial score (nSPS) is 12.5. The van der Waals surface area contributed by atoms with Gasteiger partial charge in [0.25, 0.3) is 0 Å². The number of rotatable bonds is 17. The van der Waals surface area contributed by atoms with Crippen LogP contribution in [0, 0.1) is 5.92 Å². The topological polar surface area (TPSA) is 79.9 Å². The molecule has 2 N–H and O–H groups in total. The van der Waals surface area contributed by atoms with Gasteiger partial charge in [0.05, 0.1) is 18.2 Å². The Hall–Kier alpha value is -3.06. The molecule has 2 aromatic carbocycles. The Morgan fingerprint density at radius 1 is 0.884 bits per heavy atom. The minimum absolute atomic E-state index is 0.179. The van der Waals surface area contributed by atoms with E-state index in [9.17, 15) is 9.59 Å². The Labute approximate surface area is 262 Å². The van der Waals surface area contributed by atoms with Crippen molar-refractivity contribution in [2.24, 2.45) is 5.92 Å². The van der Waals surface area contributed by atoms with E-state index in [-0.39, 0.29) is 29.5 Å². The molecule has 0 heterocycles. The van der Waals surface area contributed by atoms with Crippen molar-refractivity contribution in [2.75, 3.05) is 19.7 Å². The number of carbonyl (C=O) groups is 2. The van der Waals surface area contributed by atoms with Crippen LogP contribution in [0.5, 0.6) is 5.75 Å². The Morgan fingerprint density at radius 3 is 2.09 bits per heavy atom. The number of hydrogen-bond acceptors (Lipinski definition) is 4. The Balaban J connectivity index is 0.00000452. The summed E-state index contributed by atoms with van der Waals surface area (Å²) in [5.74, 6) is 0.860. The van der Waals surface area contributed by atoms with Gasteiger partial charge in [0, 0.05) is 13.1 Å². The van der Waals surface area contributed by atoms with Gasteiger partial charge in [-0.05, 0) is 76.1 Å². The van der Waals surface area contributed by atoms with Crippen LogP contribution >= 0.6 is 0 Å². The largest absolute Gasteiger partial charge is 0.489 e. The first-order valence-electron chi connectivity index (χ1n) is 16.3. The van der Waals surface area contributed by atoms with E-state index < -0.39 is 6.04 Å². The summed E-state index contributed by atoms with van der Waals surface area (Å²) in [6.07, 6.45) is 4.29. The maximum atomic E-state index is 13.6. The molecule has 2 atom stereocenters. The van der Waals surface area contributed by atoms with Crippen LogP contribution in [0.3, 0.4) is 0 Å². The third kappa shape index (κ3) is 16.4. The molecular weight excluding hydrogens is 538 g/mol. The van der Waals surface area contributed by atoms with Gasteiger partial charge in [0.2, 0.25) is 5.91 Å². The maximum Gasteiger partial charge on any atom is 0.318 e. The highest BCUT2D eigenvalue weighted by molar-refractivity contribution is 5.87. The molecule has 0 saturated carbocycles. The average molecular weight is 598 g/mol. The fraction of sp³-hybridized carbons (Fsp3) is 0.611. The first kappa shape index (κ1) is 38.0. The molecule has 0 aliphatic heterocycles. The maximum absolute atomic E-state index is 13.6. The first-order chi connectivity index (χ1) is 20.5. The number of amides is 3. The van der Waals surface area contributed by atoms with Crippen molar-refractivity contribution in [2.45, 2.75) is 119 Å². The predicted octanol–water partition coefficient (Wildman–Crippen LogP) is 7.77. The van der Waals surface area contributed by atoms with Crippen molar-refractivity contribution in [1.29, 1.82) is 0 Å². The number of unbranched alkanes of at least 4 members (excludes halogenated alkanes) is 2. The van der Waals surface area contributed by atoms with E-state index in [0.717, 1.165) is 36.1 Å². The van der Waals surface area contributed by atoms with Crippen molar-refractivity contribution in [1.82, 2.24) is 15.5 Å². The molecule has 2 rings (SSSR count). The molecule has 43 heavy (non-hydrogen) atoms. The van der Waals surface area contributed by atoms with E-state index in [2.05, 4.69) is 31.4 Å². The van der Waals surface area contributed by atoms with Gasteiger partial charge in [-0.1, -0.05) is 89.9 Å². The lowest BCUT2D eigenvalue weighted by atomic mass is 10.0. The van der Waals surface area contributed by atoms with Gasteiger partial charge in [-0.15, -0.1) is 0 Å². The molecular formula is C36H59N3O4. The second-order valence-electron chi connectivity index (χ2n) is 12.2. The molecule has 0 unspecified atom stereocenters. The van der Waals surface area contributed by atoms with Gasteiger partial charge >= 0.3 is 6.03 Å². The van der Waals surface area contributed by atoms with E-state index >= 15 is 0 Å². The third-order valence-corrected chi connectivity index (χ3v) is 6.74. The molecule has 7 heteroatoms. The second-order valence-corrected chi connectivity index (χ2v) is 12.2. The highest BCUT2D eigenvalue weighted by Gasteiger charge is 2.27. The van der Waals surface area contributed by atoms with Crippen LogP contribution in [0.2, 0.25) is 0 Å². The zero-order chi connectivity index (χ0) is 32.3. The Bertz CT molecular complexity index is 1020. The predicted molar refractivity (Wildman–Crippen MR) is 178 cm³/mol. The van der Waals surface area contributed by atoms with Crippen molar-refractivity contribution in [3.05, 3.63) is 65.7 Å². The van der Waals surface area contributed by atoms with Gasteiger partial charge in [-0.2, -0.15) is 0 Å². The van der Waals surface area contributed by atoms with Gasteiger partial charge in [0.1, 0.15) is 18.4 Å². The summed E-state index contributed by atoms with van der Waals surface area (Å²) in [6, 6.07) is 17.0. The number of hydrogen-bond donors (Lipinski definition) is 2. The summed E-state index contributed by atoms with van der Waals surface area (Å²) in [5.41, 5.74) is 1.84.